The van der Waals surface area contributed by atoms with Gasteiger partial charge in [0.25, 0.3) is 0 Å². The number of carbonyl (C=O) groups is 2. The molecule has 0 fully saturated rings. The molecule has 1 unspecified atom stereocenters. The van der Waals surface area contributed by atoms with Gasteiger partial charge in [-0.25, -0.2) is 8.42 Å². The molecule has 0 saturated heterocycles. The largest absolute Gasteiger partial charge is 0.508 e. The van der Waals surface area contributed by atoms with Gasteiger partial charge in [0, 0.05) is 11.4 Å². The van der Waals surface area contributed by atoms with Crippen LogP contribution in [-0.2, 0) is 19.4 Å². The van der Waals surface area contributed by atoms with Gasteiger partial charge in [-0.15, -0.1) is 0 Å². The summed E-state index contributed by atoms with van der Waals surface area (Å²) in [6, 6.07) is 14.0. The minimum Gasteiger partial charge on any atom is -0.508 e. The number of benzene rings is 2. The molecule has 8 heteroatoms. The molecule has 25 heavy (non-hydrogen) atoms. The Hall–Kier alpha value is -2.87. The van der Waals surface area contributed by atoms with Gasteiger partial charge in [-0.3, -0.25) is 9.59 Å². The van der Waals surface area contributed by atoms with E-state index in [1.807, 2.05) is 0 Å². The molecule has 2 aromatic rings. The van der Waals surface area contributed by atoms with Crippen LogP contribution in [0, 0.1) is 0 Å². The molecule has 7 nitrogen and oxygen atoms in total. The number of aromatic hydroxyl groups is 1. The quantitative estimate of drug-likeness (QED) is 0.678. The molecule has 2 aromatic carbocycles. The van der Waals surface area contributed by atoms with Crippen LogP contribution in [0.3, 0.4) is 0 Å². The highest BCUT2D eigenvalue weighted by Gasteiger charge is 2.30. The lowest BCUT2D eigenvalue weighted by atomic mass is 10.3. The van der Waals surface area contributed by atoms with Crippen LogP contribution in [-0.4, -0.2) is 36.3 Å². The summed E-state index contributed by atoms with van der Waals surface area (Å²) in [5.41, 5.74) is 0.822. The number of hydrogen-bond acceptors (Lipinski definition) is 5. The Balaban J connectivity index is 1.98. The highest BCUT2D eigenvalue weighted by atomic mass is 32.2. The van der Waals surface area contributed by atoms with Gasteiger partial charge in [-0.1, -0.05) is 18.2 Å². The van der Waals surface area contributed by atoms with Gasteiger partial charge in [-0.2, -0.15) is 0 Å². The summed E-state index contributed by atoms with van der Waals surface area (Å²) in [6.07, 6.45) is 0. The Morgan fingerprint density at radius 2 is 1.52 bits per heavy atom. The molecule has 2 amide bonds. The number of phenolic OH excluding ortho intramolecular Hbond substituents is 1. The maximum Gasteiger partial charge on any atom is 0.242 e. The number of phenols is 1. The van der Waals surface area contributed by atoms with Gasteiger partial charge in [0.1, 0.15) is 16.8 Å². The van der Waals surface area contributed by atoms with Crippen molar-refractivity contribution in [1.82, 2.24) is 0 Å². The highest BCUT2D eigenvalue weighted by molar-refractivity contribution is 7.93. The predicted octanol–water partition coefficient (Wildman–Crippen LogP) is 1.77. The summed E-state index contributed by atoms with van der Waals surface area (Å²) in [5, 5.41) is 12.7. The second-order valence-corrected chi connectivity index (χ2v) is 7.72. The van der Waals surface area contributed by atoms with Crippen molar-refractivity contribution in [2.24, 2.45) is 0 Å². The summed E-state index contributed by atoms with van der Waals surface area (Å²) < 4.78 is 24.5. The minimum atomic E-state index is -3.98. The summed E-state index contributed by atoms with van der Waals surface area (Å²) >= 11 is 0. The number of rotatable bonds is 6. The standard InChI is InChI=1S/C17H18N2O5S/c1-12(17(22)19-14-7-9-15(20)10-8-14)25(23,24)11-16(21)18-13-5-3-2-4-6-13/h2-10,12,20H,11H2,1H3,(H,18,21)(H,19,22). The lowest BCUT2D eigenvalue weighted by Crippen LogP contribution is -2.37. The Bertz CT molecular complexity index is 848. The first kappa shape index (κ1) is 18.5. The van der Waals surface area contributed by atoms with E-state index < -0.39 is 32.7 Å². The van der Waals surface area contributed by atoms with Crippen molar-refractivity contribution in [3.63, 3.8) is 0 Å². The van der Waals surface area contributed by atoms with Gasteiger partial charge in [0.2, 0.25) is 11.8 Å². The smallest absolute Gasteiger partial charge is 0.242 e. The molecule has 3 N–H and O–H groups in total. The van der Waals surface area contributed by atoms with E-state index in [1.54, 1.807) is 30.3 Å². The zero-order valence-corrected chi connectivity index (χ0v) is 14.3. The monoisotopic (exact) mass is 362 g/mol. The zero-order valence-electron chi connectivity index (χ0n) is 13.5. The first-order valence-corrected chi connectivity index (χ1v) is 9.16. The summed E-state index contributed by atoms with van der Waals surface area (Å²) in [6.45, 7) is 1.22. The molecule has 0 spiro atoms. The van der Waals surface area contributed by atoms with Crippen LogP contribution < -0.4 is 10.6 Å². The normalized spacial score (nSPS) is 12.2. The SMILES string of the molecule is CC(C(=O)Nc1ccc(O)cc1)S(=O)(=O)CC(=O)Nc1ccccc1. The second-order valence-electron chi connectivity index (χ2n) is 5.40. The van der Waals surface area contributed by atoms with Gasteiger partial charge < -0.3 is 15.7 Å². The summed E-state index contributed by atoms with van der Waals surface area (Å²) in [7, 11) is -3.98. The van der Waals surface area contributed by atoms with Crippen LogP contribution in [0.5, 0.6) is 5.75 Å². The molecular weight excluding hydrogens is 344 g/mol. The molecule has 0 radical (unpaired) electrons. The van der Waals surface area contributed by atoms with Crippen LogP contribution in [0.15, 0.2) is 54.6 Å². The molecule has 0 aliphatic rings. The number of amides is 2. The minimum absolute atomic E-state index is 0.0243. The van der Waals surface area contributed by atoms with Crippen molar-refractivity contribution in [3.05, 3.63) is 54.6 Å². The number of sulfone groups is 1. The van der Waals surface area contributed by atoms with E-state index in [9.17, 15) is 23.1 Å². The molecule has 0 heterocycles. The third kappa shape index (κ3) is 5.32. The van der Waals surface area contributed by atoms with Crippen LogP contribution in [0.1, 0.15) is 6.92 Å². The zero-order chi connectivity index (χ0) is 18.4. The van der Waals surface area contributed by atoms with E-state index >= 15 is 0 Å². The number of hydrogen-bond donors (Lipinski definition) is 3. The van der Waals surface area contributed by atoms with E-state index in [1.165, 1.54) is 31.2 Å². The van der Waals surface area contributed by atoms with Gasteiger partial charge in [0.15, 0.2) is 9.84 Å². The maximum atomic E-state index is 12.3. The number of nitrogens with one attached hydrogen (secondary N) is 2. The van der Waals surface area contributed by atoms with Crippen molar-refractivity contribution in [1.29, 1.82) is 0 Å². The van der Waals surface area contributed by atoms with Crippen LogP contribution in [0.2, 0.25) is 0 Å². The van der Waals surface area contributed by atoms with Crippen molar-refractivity contribution in [3.8, 4) is 5.75 Å². The van der Waals surface area contributed by atoms with Crippen LogP contribution >= 0.6 is 0 Å². The fraction of sp³-hybridized carbons (Fsp3) is 0.176. The predicted molar refractivity (Wildman–Crippen MR) is 95.1 cm³/mol. The Kier molecular flexibility index (Phi) is 5.76. The summed E-state index contributed by atoms with van der Waals surface area (Å²) in [4.78, 5) is 24.0. The Morgan fingerprint density at radius 1 is 0.960 bits per heavy atom. The molecule has 1 atom stereocenters. The maximum absolute atomic E-state index is 12.3. The van der Waals surface area contributed by atoms with Gasteiger partial charge in [0.05, 0.1) is 0 Å². The Morgan fingerprint density at radius 3 is 2.12 bits per heavy atom. The van der Waals surface area contributed by atoms with Crippen molar-refractivity contribution in [2.45, 2.75) is 12.2 Å². The molecule has 132 valence electrons. The van der Waals surface area contributed by atoms with Crippen molar-refractivity contribution in [2.75, 3.05) is 16.4 Å². The van der Waals surface area contributed by atoms with E-state index in [-0.39, 0.29) is 5.75 Å². The summed E-state index contributed by atoms with van der Waals surface area (Å²) in [5.74, 6) is -2.24. The molecular formula is C17H18N2O5S. The Labute approximate surface area is 145 Å². The molecule has 0 saturated carbocycles. The third-order valence-electron chi connectivity index (χ3n) is 3.43. The fourth-order valence-corrected chi connectivity index (χ4v) is 3.05. The highest BCUT2D eigenvalue weighted by Crippen LogP contribution is 2.15. The number of carbonyl (C=O) groups excluding carboxylic acids is 2. The lowest BCUT2D eigenvalue weighted by molar-refractivity contribution is -0.115. The molecule has 0 aliphatic heterocycles. The fourth-order valence-electron chi connectivity index (χ4n) is 1.98. The van der Waals surface area contributed by atoms with Gasteiger partial charge >= 0.3 is 0 Å². The molecule has 0 aromatic heterocycles. The van der Waals surface area contributed by atoms with Crippen LogP contribution in [0.25, 0.3) is 0 Å². The van der Waals surface area contributed by atoms with Crippen molar-refractivity contribution < 1.29 is 23.1 Å². The third-order valence-corrected chi connectivity index (χ3v) is 5.39. The van der Waals surface area contributed by atoms with Crippen molar-refractivity contribution >= 4 is 33.0 Å². The van der Waals surface area contributed by atoms with E-state index in [0.29, 0.717) is 11.4 Å². The first-order valence-electron chi connectivity index (χ1n) is 7.44. The van der Waals surface area contributed by atoms with Crippen LogP contribution in [0.4, 0.5) is 11.4 Å². The average Bonchev–Trinajstić information content (AvgIpc) is 2.56. The number of anilines is 2. The molecule has 0 bridgehead atoms. The number of para-hydroxylation sites is 1. The van der Waals surface area contributed by atoms with E-state index in [4.69, 9.17) is 0 Å². The van der Waals surface area contributed by atoms with E-state index in [2.05, 4.69) is 10.6 Å². The molecule has 0 aliphatic carbocycles. The average molecular weight is 362 g/mol. The second kappa shape index (κ2) is 7.80. The van der Waals surface area contributed by atoms with Gasteiger partial charge in [-0.05, 0) is 43.3 Å². The lowest BCUT2D eigenvalue weighted by Gasteiger charge is -2.13. The van der Waals surface area contributed by atoms with E-state index in [0.717, 1.165) is 0 Å². The molecule has 2 rings (SSSR count). The topological polar surface area (TPSA) is 113 Å². The first-order chi connectivity index (χ1) is 11.8.